The molecule has 0 aliphatic carbocycles. The summed E-state index contributed by atoms with van der Waals surface area (Å²) in [6.45, 7) is 11.5. The third-order valence-corrected chi connectivity index (χ3v) is 7.28. The highest BCUT2D eigenvalue weighted by atomic mass is 79.9. The molecular formula is C24H44BrN9O. The Morgan fingerprint density at radius 1 is 0.771 bits per heavy atom. The van der Waals surface area contributed by atoms with Crippen LogP contribution >= 0.6 is 15.9 Å². The van der Waals surface area contributed by atoms with Crippen LogP contribution in [0.1, 0.15) is 5.56 Å². The summed E-state index contributed by atoms with van der Waals surface area (Å²) in [7, 11) is 2.05. The number of benzene rings is 1. The zero-order chi connectivity index (χ0) is 24.8. The van der Waals surface area contributed by atoms with Crippen LogP contribution in [-0.4, -0.2) is 108 Å². The van der Waals surface area contributed by atoms with Gasteiger partial charge in [-0.1, -0.05) is 28.1 Å². The Bertz CT molecular complexity index is 705. The smallest absolute Gasteiger partial charge is 0.235 e. The van der Waals surface area contributed by atoms with Crippen molar-refractivity contribution in [3.05, 3.63) is 29.8 Å². The highest BCUT2D eigenvalue weighted by Crippen LogP contribution is 2.12. The topological polar surface area (TPSA) is 125 Å². The first kappa shape index (κ1) is 28.4. The number of fused-ring (bicyclic) bond motifs is 15. The van der Waals surface area contributed by atoms with Gasteiger partial charge in [-0.3, -0.25) is 4.79 Å². The van der Waals surface area contributed by atoms with E-state index in [-0.39, 0.29) is 17.0 Å². The second-order valence-corrected chi connectivity index (χ2v) is 10.2. The number of anilines is 1. The molecule has 0 unspecified atom stereocenters. The van der Waals surface area contributed by atoms with Crippen molar-refractivity contribution >= 4 is 27.5 Å². The summed E-state index contributed by atoms with van der Waals surface area (Å²) in [5, 5.41) is 32.6. The highest BCUT2D eigenvalue weighted by Gasteiger charge is 2.30. The Hall–Kier alpha value is -1.15. The van der Waals surface area contributed by atoms with Gasteiger partial charge in [0.2, 0.25) is 5.91 Å². The van der Waals surface area contributed by atoms with Gasteiger partial charge >= 0.3 is 0 Å². The monoisotopic (exact) mass is 553 g/mol. The molecular weight excluding hydrogens is 510 g/mol. The Balaban J connectivity index is 1.68. The fourth-order valence-electron chi connectivity index (χ4n) is 4.51. The number of alkyl halides is 1. The molecule has 10 nitrogen and oxygen atoms in total. The number of rotatable bonds is 6. The molecule has 0 radical (unpaired) electrons. The summed E-state index contributed by atoms with van der Waals surface area (Å²) in [5.74, 6) is -0.0486. The maximum atomic E-state index is 11.6. The van der Waals surface area contributed by atoms with Crippen molar-refractivity contribution in [1.82, 2.24) is 42.5 Å². The summed E-state index contributed by atoms with van der Waals surface area (Å²) < 4.78 is 0. The maximum absolute atomic E-state index is 11.6. The molecule has 198 valence electrons. The molecule has 3 aliphatic rings. The molecule has 3 saturated heterocycles. The van der Waals surface area contributed by atoms with Gasteiger partial charge in [-0.15, -0.1) is 0 Å². The van der Waals surface area contributed by atoms with Crippen LogP contribution in [-0.2, 0) is 11.3 Å². The van der Waals surface area contributed by atoms with E-state index in [4.69, 9.17) is 0 Å². The number of hydrogen-bond acceptors (Lipinski definition) is 9. The fourth-order valence-corrected chi connectivity index (χ4v) is 4.65. The Kier molecular flexibility index (Phi) is 12.3. The van der Waals surface area contributed by atoms with E-state index in [0.29, 0.717) is 5.33 Å². The Morgan fingerprint density at radius 3 is 1.60 bits per heavy atom. The fraction of sp³-hybridized carbons (Fsp3) is 0.708. The summed E-state index contributed by atoms with van der Waals surface area (Å²) in [4.78, 5) is 11.6. The van der Waals surface area contributed by atoms with Gasteiger partial charge in [0, 0.05) is 90.8 Å². The lowest BCUT2D eigenvalue weighted by molar-refractivity contribution is -0.113. The van der Waals surface area contributed by atoms with Crippen molar-refractivity contribution in [1.29, 1.82) is 0 Å². The average Bonchev–Trinajstić information content (AvgIpc) is 2.88. The van der Waals surface area contributed by atoms with E-state index in [1.807, 2.05) is 12.1 Å². The van der Waals surface area contributed by atoms with Crippen LogP contribution < -0.4 is 47.9 Å². The quantitative estimate of drug-likeness (QED) is 0.191. The molecule has 35 heavy (non-hydrogen) atoms. The maximum Gasteiger partial charge on any atom is 0.235 e. The molecule has 11 heteroatoms. The molecule has 3 fully saturated rings. The third-order valence-electron chi connectivity index (χ3n) is 6.77. The van der Waals surface area contributed by atoms with Crippen molar-refractivity contribution in [3.63, 3.8) is 0 Å². The molecule has 4 rings (SSSR count). The van der Waals surface area contributed by atoms with Crippen LogP contribution in [0.3, 0.4) is 0 Å². The van der Waals surface area contributed by atoms with Crippen LogP contribution in [0.15, 0.2) is 24.3 Å². The first-order chi connectivity index (χ1) is 17.1. The number of carbonyl (C=O) groups excluding carboxylic acids is 1. The van der Waals surface area contributed by atoms with E-state index in [2.05, 4.69) is 83.0 Å². The summed E-state index contributed by atoms with van der Waals surface area (Å²) in [6, 6.07) is 8.05. The van der Waals surface area contributed by atoms with E-state index in [1.165, 1.54) is 5.56 Å². The first-order valence-electron chi connectivity index (χ1n) is 12.7. The minimum atomic E-state index is -0.147. The standard InChI is InChI=1S/C24H44BrN9O/c1-26-23-14-27-6-9-30-17-24(18-31-10-7-28-15-23,19-32-11-8-29-16-23)33-13-20-2-4-21(5-3-20)34-22(35)12-25/h2-5,26-33H,6-19H2,1H3,(H,34,35). The first-order valence-corrected chi connectivity index (χ1v) is 13.8. The van der Waals surface area contributed by atoms with Gasteiger partial charge in [0.1, 0.15) is 0 Å². The van der Waals surface area contributed by atoms with Crippen LogP contribution in [0, 0.1) is 0 Å². The number of carbonyl (C=O) groups is 1. The average molecular weight is 555 g/mol. The predicted molar refractivity (Wildman–Crippen MR) is 147 cm³/mol. The van der Waals surface area contributed by atoms with Crippen LogP contribution in [0.25, 0.3) is 0 Å². The van der Waals surface area contributed by atoms with Gasteiger partial charge in [0.25, 0.3) is 0 Å². The molecule has 2 bridgehead atoms. The molecule has 0 aromatic heterocycles. The summed E-state index contributed by atoms with van der Waals surface area (Å²) >= 11 is 3.19. The number of amides is 1. The van der Waals surface area contributed by atoms with Crippen molar-refractivity contribution in [2.45, 2.75) is 17.6 Å². The van der Waals surface area contributed by atoms with Gasteiger partial charge in [-0.2, -0.15) is 0 Å². The number of halogens is 1. The van der Waals surface area contributed by atoms with E-state index < -0.39 is 0 Å². The zero-order valence-electron chi connectivity index (χ0n) is 21.0. The Morgan fingerprint density at radius 2 is 1.20 bits per heavy atom. The second-order valence-electron chi connectivity index (χ2n) is 9.60. The lowest BCUT2D eigenvalue weighted by atomic mass is 9.97. The van der Waals surface area contributed by atoms with Crippen molar-refractivity contribution in [3.8, 4) is 0 Å². The molecule has 9 N–H and O–H groups in total. The Labute approximate surface area is 218 Å². The molecule has 0 spiro atoms. The third kappa shape index (κ3) is 9.67. The number of likely N-dealkylation sites (N-methyl/N-ethyl adjacent to an activating group) is 1. The predicted octanol–water partition coefficient (Wildman–Crippen LogP) is -1.63. The molecule has 0 atom stereocenters. The minimum absolute atomic E-state index is 0.0217. The van der Waals surface area contributed by atoms with E-state index in [0.717, 1.165) is 90.8 Å². The lowest BCUT2D eigenvalue weighted by Crippen LogP contribution is -2.66. The van der Waals surface area contributed by atoms with Gasteiger partial charge in [0.05, 0.1) is 16.4 Å². The molecule has 1 amide bonds. The molecule has 3 aliphatic heterocycles. The van der Waals surface area contributed by atoms with Crippen molar-refractivity contribution < 1.29 is 4.79 Å². The largest absolute Gasteiger partial charge is 0.325 e. The molecule has 3 heterocycles. The zero-order valence-corrected chi connectivity index (χ0v) is 22.6. The summed E-state index contributed by atoms with van der Waals surface area (Å²) in [6.07, 6.45) is 0. The summed E-state index contributed by atoms with van der Waals surface area (Å²) in [5.41, 5.74) is 1.83. The van der Waals surface area contributed by atoms with Gasteiger partial charge < -0.3 is 47.9 Å². The van der Waals surface area contributed by atoms with Crippen molar-refractivity contribution in [2.24, 2.45) is 0 Å². The second kappa shape index (κ2) is 15.2. The van der Waals surface area contributed by atoms with E-state index >= 15 is 0 Å². The SMILES string of the molecule is CNC12CNCCNCC(NCc3ccc(NC(=O)CBr)cc3)(CNCCNC1)CNCCNC2. The lowest BCUT2D eigenvalue weighted by Gasteiger charge is -2.38. The van der Waals surface area contributed by atoms with Gasteiger partial charge in [-0.05, 0) is 24.7 Å². The molecule has 1 aromatic carbocycles. The highest BCUT2D eigenvalue weighted by molar-refractivity contribution is 9.09. The number of nitrogens with one attached hydrogen (secondary N) is 9. The van der Waals surface area contributed by atoms with Crippen LogP contribution in [0.4, 0.5) is 5.69 Å². The van der Waals surface area contributed by atoms with Crippen LogP contribution in [0.2, 0.25) is 0 Å². The minimum Gasteiger partial charge on any atom is -0.325 e. The molecule has 1 aromatic rings. The number of hydrogen-bond donors (Lipinski definition) is 9. The van der Waals surface area contributed by atoms with E-state index in [9.17, 15) is 4.79 Å². The van der Waals surface area contributed by atoms with Gasteiger partial charge in [0.15, 0.2) is 0 Å². The van der Waals surface area contributed by atoms with Gasteiger partial charge in [-0.25, -0.2) is 0 Å². The van der Waals surface area contributed by atoms with Crippen LogP contribution in [0.5, 0.6) is 0 Å². The van der Waals surface area contributed by atoms with Crippen molar-refractivity contribution in [2.75, 3.05) is 96.2 Å². The van der Waals surface area contributed by atoms with E-state index in [1.54, 1.807) is 0 Å². The molecule has 0 saturated carbocycles. The normalized spacial score (nSPS) is 27.6.